The number of likely N-dealkylation sites (N-methyl/N-ethyl adjacent to an activating group) is 1. The number of hydrogen-bond acceptors (Lipinski definition) is 3. The van der Waals surface area contributed by atoms with Crippen LogP contribution < -0.4 is 5.32 Å². The summed E-state index contributed by atoms with van der Waals surface area (Å²) in [7, 11) is 2.15. The molecule has 2 N–H and O–H groups in total. The molecule has 0 aliphatic carbocycles. The van der Waals surface area contributed by atoms with E-state index in [1.54, 1.807) is 0 Å². The summed E-state index contributed by atoms with van der Waals surface area (Å²) in [6.45, 7) is 5.30. The number of piperazine rings is 1. The SMILES string of the molecule is CCc1cnc(C2CNCCN2C)[nH]1. The number of aryl methyl sites for hydroxylation is 1. The highest BCUT2D eigenvalue weighted by molar-refractivity contribution is 5.06. The Morgan fingerprint density at radius 1 is 1.64 bits per heavy atom. The zero-order chi connectivity index (χ0) is 9.97. The Morgan fingerprint density at radius 2 is 2.50 bits per heavy atom. The summed E-state index contributed by atoms with van der Waals surface area (Å²) >= 11 is 0. The molecule has 14 heavy (non-hydrogen) atoms. The van der Waals surface area contributed by atoms with Gasteiger partial charge in [0.15, 0.2) is 0 Å². The van der Waals surface area contributed by atoms with Crippen molar-refractivity contribution in [3.05, 3.63) is 17.7 Å². The van der Waals surface area contributed by atoms with E-state index in [1.165, 1.54) is 5.69 Å². The summed E-state index contributed by atoms with van der Waals surface area (Å²) < 4.78 is 0. The quantitative estimate of drug-likeness (QED) is 0.722. The van der Waals surface area contributed by atoms with Crippen molar-refractivity contribution in [2.24, 2.45) is 0 Å². The molecule has 1 atom stereocenters. The van der Waals surface area contributed by atoms with Crippen molar-refractivity contribution in [3.63, 3.8) is 0 Å². The van der Waals surface area contributed by atoms with Gasteiger partial charge < -0.3 is 10.3 Å². The zero-order valence-electron chi connectivity index (χ0n) is 8.88. The average molecular weight is 194 g/mol. The molecule has 1 saturated heterocycles. The maximum absolute atomic E-state index is 4.42. The maximum atomic E-state index is 4.42. The first-order valence-corrected chi connectivity index (χ1v) is 5.26. The molecule has 1 aromatic heterocycles. The third-order valence-electron chi connectivity index (χ3n) is 2.86. The maximum Gasteiger partial charge on any atom is 0.124 e. The molecule has 78 valence electrons. The van der Waals surface area contributed by atoms with Crippen molar-refractivity contribution in [1.82, 2.24) is 20.2 Å². The molecule has 0 amide bonds. The van der Waals surface area contributed by atoms with Gasteiger partial charge >= 0.3 is 0 Å². The number of rotatable bonds is 2. The van der Waals surface area contributed by atoms with Gasteiger partial charge in [-0.15, -0.1) is 0 Å². The van der Waals surface area contributed by atoms with Gasteiger partial charge in [0.05, 0.1) is 6.04 Å². The normalized spacial score (nSPS) is 24.0. The Bertz CT molecular complexity index is 294. The summed E-state index contributed by atoms with van der Waals surface area (Å²) in [5.41, 5.74) is 1.22. The highest BCUT2D eigenvalue weighted by Crippen LogP contribution is 2.17. The van der Waals surface area contributed by atoms with Gasteiger partial charge in [-0.2, -0.15) is 0 Å². The molecule has 4 nitrogen and oxygen atoms in total. The number of aromatic amines is 1. The van der Waals surface area contributed by atoms with Gasteiger partial charge in [-0.3, -0.25) is 4.90 Å². The third kappa shape index (κ3) is 1.81. The van der Waals surface area contributed by atoms with E-state index in [0.717, 1.165) is 31.9 Å². The van der Waals surface area contributed by atoms with Gasteiger partial charge in [0.2, 0.25) is 0 Å². The minimum atomic E-state index is 0.407. The molecule has 0 spiro atoms. The fraction of sp³-hybridized carbons (Fsp3) is 0.700. The smallest absolute Gasteiger partial charge is 0.124 e. The topological polar surface area (TPSA) is 44.0 Å². The second kappa shape index (κ2) is 4.11. The van der Waals surface area contributed by atoms with Crippen LogP contribution in [0.5, 0.6) is 0 Å². The monoisotopic (exact) mass is 194 g/mol. The van der Waals surface area contributed by atoms with Crippen LogP contribution in [0.2, 0.25) is 0 Å². The third-order valence-corrected chi connectivity index (χ3v) is 2.86. The summed E-state index contributed by atoms with van der Waals surface area (Å²) in [5.74, 6) is 1.09. The number of aromatic nitrogens is 2. The van der Waals surface area contributed by atoms with Crippen molar-refractivity contribution >= 4 is 0 Å². The van der Waals surface area contributed by atoms with Crippen LogP contribution in [0.4, 0.5) is 0 Å². The molecule has 1 unspecified atom stereocenters. The van der Waals surface area contributed by atoms with Gasteiger partial charge in [-0.05, 0) is 13.5 Å². The van der Waals surface area contributed by atoms with Gasteiger partial charge in [0, 0.05) is 31.5 Å². The molecule has 0 aromatic carbocycles. The van der Waals surface area contributed by atoms with Crippen molar-refractivity contribution < 1.29 is 0 Å². The molecule has 2 heterocycles. The van der Waals surface area contributed by atoms with Crippen LogP contribution in [0.3, 0.4) is 0 Å². The number of hydrogen-bond donors (Lipinski definition) is 2. The minimum absolute atomic E-state index is 0.407. The van der Waals surface area contributed by atoms with E-state index in [4.69, 9.17) is 0 Å². The van der Waals surface area contributed by atoms with Crippen molar-refractivity contribution in [1.29, 1.82) is 0 Å². The predicted octanol–water partition coefficient (Wildman–Crippen LogP) is 0.548. The highest BCUT2D eigenvalue weighted by atomic mass is 15.2. The molecular weight excluding hydrogens is 176 g/mol. The van der Waals surface area contributed by atoms with Gasteiger partial charge in [0.25, 0.3) is 0 Å². The highest BCUT2D eigenvalue weighted by Gasteiger charge is 2.22. The van der Waals surface area contributed by atoms with Crippen LogP contribution in [0.15, 0.2) is 6.20 Å². The summed E-state index contributed by atoms with van der Waals surface area (Å²) in [6, 6.07) is 0.407. The van der Waals surface area contributed by atoms with Gasteiger partial charge in [-0.25, -0.2) is 4.98 Å². The minimum Gasteiger partial charge on any atom is -0.345 e. The predicted molar refractivity (Wildman–Crippen MR) is 56.2 cm³/mol. The van der Waals surface area contributed by atoms with Gasteiger partial charge in [-0.1, -0.05) is 6.92 Å². The molecular formula is C10H18N4. The van der Waals surface area contributed by atoms with Crippen LogP contribution in [0.25, 0.3) is 0 Å². The van der Waals surface area contributed by atoms with E-state index in [0.29, 0.717) is 6.04 Å². The Balaban J connectivity index is 2.12. The molecule has 4 heteroatoms. The molecule has 0 saturated carbocycles. The lowest BCUT2D eigenvalue weighted by Gasteiger charge is -2.31. The zero-order valence-corrected chi connectivity index (χ0v) is 8.88. The number of nitrogens with zero attached hydrogens (tertiary/aromatic N) is 2. The summed E-state index contributed by atoms with van der Waals surface area (Å²) in [4.78, 5) is 10.1. The number of nitrogens with one attached hydrogen (secondary N) is 2. The van der Waals surface area contributed by atoms with E-state index in [1.807, 2.05) is 6.20 Å². The van der Waals surface area contributed by atoms with Crippen LogP contribution in [0, 0.1) is 0 Å². The van der Waals surface area contributed by atoms with Crippen LogP contribution in [-0.4, -0.2) is 41.5 Å². The van der Waals surface area contributed by atoms with Gasteiger partial charge in [0.1, 0.15) is 5.82 Å². The second-order valence-corrected chi connectivity index (χ2v) is 3.85. The molecule has 0 bridgehead atoms. The Labute approximate surface area is 84.7 Å². The lowest BCUT2D eigenvalue weighted by atomic mass is 10.2. The number of imidazole rings is 1. The van der Waals surface area contributed by atoms with Crippen LogP contribution in [-0.2, 0) is 6.42 Å². The Kier molecular flexibility index (Phi) is 2.84. The molecule has 1 aromatic rings. The van der Waals surface area contributed by atoms with Crippen molar-refractivity contribution in [2.75, 3.05) is 26.7 Å². The van der Waals surface area contributed by atoms with Crippen LogP contribution in [0.1, 0.15) is 24.5 Å². The van der Waals surface area contributed by atoms with Crippen molar-refractivity contribution in [2.45, 2.75) is 19.4 Å². The van der Waals surface area contributed by atoms with Crippen molar-refractivity contribution in [3.8, 4) is 0 Å². The fourth-order valence-corrected chi connectivity index (χ4v) is 1.84. The molecule has 1 fully saturated rings. The fourth-order valence-electron chi connectivity index (χ4n) is 1.84. The van der Waals surface area contributed by atoms with Crippen LogP contribution >= 0.6 is 0 Å². The molecule has 1 aliphatic heterocycles. The average Bonchev–Trinajstić information content (AvgIpc) is 2.67. The van der Waals surface area contributed by atoms with E-state index in [9.17, 15) is 0 Å². The van der Waals surface area contributed by atoms with E-state index >= 15 is 0 Å². The second-order valence-electron chi connectivity index (χ2n) is 3.85. The first kappa shape index (κ1) is 9.68. The summed E-state index contributed by atoms with van der Waals surface area (Å²) in [5, 5.41) is 3.39. The summed E-state index contributed by atoms with van der Waals surface area (Å²) in [6.07, 6.45) is 2.97. The first-order valence-electron chi connectivity index (χ1n) is 5.26. The molecule has 0 radical (unpaired) electrons. The van der Waals surface area contributed by atoms with E-state index < -0.39 is 0 Å². The standard InChI is InChI=1S/C10H18N4/c1-3-8-6-12-10(13-8)9-7-11-4-5-14(9)2/h6,9,11H,3-5,7H2,1-2H3,(H,12,13). The van der Waals surface area contributed by atoms with E-state index in [2.05, 4.69) is 34.2 Å². The van der Waals surface area contributed by atoms with E-state index in [-0.39, 0.29) is 0 Å². The lowest BCUT2D eigenvalue weighted by Crippen LogP contribution is -2.44. The molecule has 2 rings (SSSR count). The Morgan fingerprint density at radius 3 is 3.14 bits per heavy atom. The lowest BCUT2D eigenvalue weighted by molar-refractivity contribution is 0.195. The largest absolute Gasteiger partial charge is 0.345 e. The molecule has 1 aliphatic rings. The number of H-pyrrole nitrogens is 1. The first-order chi connectivity index (χ1) is 6.81. The Hall–Kier alpha value is -0.870.